The SMILES string of the molecule is NCCOc1ccc(C(=O)N2C[C@@H](c3ccccc3)[C@@H]3CNCC[C@@H]32)cc1. The highest BCUT2D eigenvalue weighted by molar-refractivity contribution is 5.95. The minimum absolute atomic E-state index is 0.121. The van der Waals surface area contributed by atoms with Gasteiger partial charge in [-0.2, -0.15) is 0 Å². The van der Waals surface area contributed by atoms with Crippen LogP contribution >= 0.6 is 0 Å². The number of likely N-dealkylation sites (tertiary alicyclic amines) is 1. The van der Waals surface area contributed by atoms with E-state index in [4.69, 9.17) is 10.5 Å². The molecule has 0 saturated carbocycles. The molecule has 2 saturated heterocycles. The van der Waals surface area contributed by atoms with E-state index in [2.05, 4.69) is 34.5 Å². The first-order chi connectivity index (χ1) is 13.3. The average molecular weight is 365 g/mol. The van der Waals surface area contributed by atoms with Gasteiger partial charge in [-0.05, 0) is 42.8 Å². The van der Waals surface area contributed by atoms with E-state index < -0.39 is 0 Å². The third kappa shape index (κ3) is 3.70. The van der Waals surface area contributed by atoms with E-state index in [1.54, 1.807) is 0 Å². The Morgan fingerprint density at radius 2 is 1.93 bits per heavy atom. The van der Waals surface area contributed by atoms with Crippen LogP contribution in [0.5, 0.6) is 5.75 Å². The summed E-state index contributed by atoms with van der Waals surface area (Å²) < 4.78 is 5.52. The molecule has 0 spiro atoms. The Bertz CT molecular complexity index is 763. The maximum absolute atomic E-state index is 13.2. The normalized spacial score (nSPS) is 24.5. The number of benzene rings is 2. The molecule has 5 heteroatoms. The largest absolute Gasteiger partial charge is 0.492 e. The predicted molar refractivity (Wildman–Crippen MR) is 106 cm³/mol. The number of fused-ring (bicyclic) bond motifs is 1. The Morgan fingerprint density at radius 1 is 1.15 bits per heavy atom. The average Bonchev–Trinajstić information content (AvgIpc) is 3.12. The Labute approximate surface area is 160 Å². The van der Waals surface area contributed by atoms with E-state index >= 15 is 0 Å². The van der Waals surface area contributed by atoms with Gasteiger partial charge in [-0.1, -0.05) is 30.3 Å². The quantitative estimate of drug-likeness (QED) is 0.853. The Morgan fingerprint density at radius 3 is 2.67 bits per heavy atom. The number of carbonyl (C=O) groups excluding carboxylic acids is 1. The summed E-state index contributed by atoms with van der Waals surface area (Å²) in [5.74, 6) is 1.73. The smallest absolute Gasteiger partial charge is 0.254 e. The van der Waals surface area contributed by atoms with Gasteiger partial charge in [0.25, 0.3) is 5.91 Å². The van der Waals surface area contributed by atoms with Gasteiger partial charge in [-0.15, -0.1) is 0 Å². The molecule has 0 aromatic heterocycles. The molecule has 2 aliphatic heterocycles. The summed E-state index contributed by atoms with van der Waals surface area (Å²) in [5, 5.41) is 3.52. The highest BCUT2D eigenvalue weighted by Crippen LogP contribution is 2.40. The van der Waals surface area contributed by atoms with E-state index in [0.29, 0.717) is 31.0 Å². The highest BCUT2D eigenvalue weighted by atomic mass is 16.5. The van der Waals surface area contributed by atoms with E-state index in [0.717, 1.165) is 37.4 Å². The zero-order chi connectivity index (χ0) is 18.6. The van der Waals surface area contributed by atoms with Crippen LogP contribution in [0.25, 0.3) is 0 Å². The van der Waals surface area contributed by atoms with Crippen LogP contribution in [0, 0.1) is 5.92 Å². The van der Waals surface area contributed by atoms with Crippen molar-refractivity contribution in [2.24, 2.45) is 11.7 Å². The van der Waals surface area contributed by atoms with Gasteiger partial charge in [-0.3, -0.25) is 4.79 Å². The van der Waals surface area contributed by atoms with Crippen molar-refractivity contribution in [3.05, 3.63) is 65.7 Å². The van der Waals surface area contributed by atoms with Crippen molar-refractivity contribution in [1.82, 2.24) is 10.2 Å². The van der Waals surface area contributed by atoms with Crippen molar-refractivity contribution in [1.29, 1.82) is 0 Å². The second-order valence-corrected chi connectivity index (χ2v) is 7.36. The van der Waals surface area contributed by atoms with Crippen LogP contribution in [-0.4, -0.2) is 49.6 Å². The minimum Gasteiger partial charge on any atom is -0.492 e. The van der Waals surface area contributed by atoms with Crippen LogP contribution in [0.15, 0.2) is 54.6 Å². The molecule has 2 aromatic carbocycles. The summed E-state index contributed by atoms with van der Waals surface area (Å²) in [4.78, 5) is 15.3. The maximum Gasteiger partial charge on any atom is 0.254 e. The van der Waals surface area contributed by atoms with Gasteiger partial charge in [0, 0.05) is 43.1 Å². The zero-order valence-corrected chi connectivity index (χ0v) is 15.5. The Hall–Kier alpha value is -2.37. The molecule has 5 nitrogen and oxygen atoms in total. The number of hydrogen-bond acceptors (Lipinski definition) is 4. The summed E-state index contributed by atoms with van der Waals surface area (Å²) >= 11 is 0. The van der Waals surface area contributed by atoms with Gasteiger partial charge in [0.2, 0.25) is 0 Å². The third-order valence-corrected chi connectivity index (χ3v) is 5.78. The molecule has 0 bridgehead atoms. The van der Waals surface area contributed by atoms with Crippen molar-refractivity contribution in [2.75, 3.05) is 32.8 Å². The summed E-state index contributed by atoms with van der Waals surface area (Å²) in [5.41, 5.74) is 7.52. The number of carbonyl (C=O) groups is 1. The molecule has 1 amide bonds. The van der Waals surface area contributed by atoms with Gasteiger partial charge in [0.15, 0.2) is 0 Å². The molecular formula is C22H27N3O2. The molecule has 2 aliphatic rings. The fourth-order valence-electron chi connectivity index (χ4n) is 4.47. The van der Waals surface area contributed by atoms with Gasteiger partial charge in [0.05, 0.1) is 0 Å². The number of ether oxygens (including phenoxy) is 1. The van der Waals surface area contributed by atoms with Crippen LogP contribution in [-0.2, 0) is 0 Å². The predicted octanol–water partition coefficient (Wildman–Crippen LogP) is 2.24. The lowest BCUT2D eigenvalue weighted by atomic mass is 9.82. The first kappa shape index (κ1) is 18.0. The molecule has 0 radical (unpaired) electrons. The van der Waals surface area contributed by atoms with Crippen molar-refractivity contribution in [3.8, 4) is 5.75 Å². The summed E-state index contributed by atoms with van der Waals surface area (Å²) in [7, 11) is 0. The van der Waals surface area contributed by atoms with Crippen molar-refractivity contribution in [3.63, 3.8) is 0 Å². The highest BCUT2D eigenvalue weighted by Gasteiger charge is 2.45. The van der Waals surface area contributed by atoms with E-state index in [1.807, 2.05) is 30.3 Å². The third-order valence-electron chi connectivity index (χ3n) is 5.78. The minimum atomic E-state index is 0.121. The topological polar surface area (TPSA) is 67.6 Å². The summed E-state index contributed by atoms with van der Waals surface area (Å²) in [6, 6.07) is 18.3. The number of nitrogens with two attached hydrogens (primary N) is 1. The Balaban J connectivity index is 1.54. The monoisotopic (exact) mass is 365 g/mol. The fourth-order valence-corrected chi connectivity index (χ4v) is 4.47. The first-order valence-electron chi connectivity index (χ1n) is 9.77. The molecule has 0 unspecified atom stereocenters. The summed E-state index contributed by atoms with van der Waals surface area (Å²) in [6.07, 6.45) is 1.01. The first-order valence-corrected chi connectivity index (χ1v) is 9.77. The molecule has 2 fully saturated rings. The second kappa shape index (κ2) is 8.11. The standard InChI is InChI=1S/C22H27N3O2/c23-11-13-27-18-8-6-17(7-9-18)22(26)25-15-20(16-4-2-1-3-5-16)19-14-24-12-10-21(19)25/h1-9,19-21,24H,10-15,23H2/t19-,20-,21-/m0/s1. The van der Waals surface area contributed by atoms with Crippen molar-refractivity contribution >= 4 is 5.91 Å². The number of rotatable bonds is 5. The summed E-state index contributed by atoms with van der Waals surface area (Å²) in [6.45, 7) is 3.69. The Kier molecular flexibility index (Phi) is 5.41. The molecular weight excluding hydrogens is 338 g/mol. The molecule has 0 aliphatic carbocycles. The second-order valence-electron chi connectivity index (χ2n) is 7.36. The van der Waals surface area contributed by atoms with Gasteiger partial charge in [0.1, 0.15) is 12.4 Å². The molecule has 3 N–H and O–H groups in total. The van der Waals surface area contributed by atoms with Crippen LogP contribution in [0.1, 0.15) is 28.3 Å². The van der Waals surface area contributed by atoms with Crippen LogP contribution in [0.4, 0.5) is 0 Å². The molecule has 2 aromatic rings. The zero-order valence-electron chi connectivity index (χ0n) is 15.5. The number of piperidine rings is 1. The van der Waals surface area contributed by atoms with Crippen LogP contribution in [0.3, 0.4) is 0 Å². The molecule has 27 heavy (non-hydrogen) atoms. The van der Waals surface area contributed by atoms with E-state index in [1.165, 1.54) is 5.56 Å². The lowest BCUT2D eigenvalue weighted by Gasteiger charge is -2.33. The lowest BCUT2D eigenvalue weighted by Crippen LogP contribution is -2.46. The van der Waals surface area contributed by atoms with Crippen molar-refractivity contribution < 1.29 is 9.53 Å². The van der Waals surface area contributed by atoms with Gasteiger partial charge in [-0.25, -0.2) is 0 Å². The number of nitrogens with one attached hydrogen (secondary N) is 1. The lowest BCUT2D eigenvalue weighted by molar-refractivity contribution is 0.0697. The molecule has 142 valence electrons. The number of hydrogen-bond donors (Lipinski definition) is 2. The number of nitrogens with zero attached hydrogens (tertiary/aromatic N) is 1. The van der Waals surface area contributed by atoms with E-state index in [-0.39, 0.29) is 5.91 Å². The van der Waals surface area contributed by atoms with E-state index in [9.17, 15) is 4.79 Å². The molecule has 4 rings (SSSR count). The molecule has 2 heterocycles. The van der Waals surface area contributed by atoms with Crippen LogP contribution in [0.2, 0.25) is 0 Å². The molecule has 3 atom stereocenters. The van der Waals surface area contributed by atoms with Gasteiger partial charge < -0.3 is 20.7 Å². The maximum atomic E-state index is 13.2. The van der Waals surface area contributed by atoms with Crippen LogP contribution < -0.4 is 15.8 Å². The number of amides is 1. The van der Waals surface area contributed by atoms with Crippen molar-refractivity contribution in [2.45, 2.75) is 18.4 Å². The fraction of sp³-hybridized carbons (Fsp3) is 0.409. The van der Waals surface area contributed by atoms with Gasteiger partial charge >= 0.3 is 0 Å².